The summed E-state index contributed by atoms with van der Waals surface area (Å²) in [6, 6.07) is 0. The van der Waals surface area contributed by atoms with Crippen LogP contribution in [0.5, 0.6) is 0 Å². The van der Waals surface area contributed by atoms with Gasteiger partial charge >= 0.3 is 0 Å². The quantitative estimate of drug-likeness (QED) is 0.557. The highest BCUT2D eigenvalue weighted by atomic mass is 16.6. The fourth-order valence-electron chi connectivity index (χ4n) is 0.717. The first kappa shape index (κ1) is 8.02. The van der Waals surface area contributed by atoms with Crippen molar-refractivity contribution >= 4 is 0 Å². The Balaban J connectivity index is 1.95. The van der Waals surface area contributed by atoms with E-state index in [-0.39, 0.29) is 5.60 Å². The lowest BCUT2D eigenvalue weighted by atomic mass is 10.2. The Morgan fingerprint density at radius 3 is 2.60 bits per heavy atom. The Morgan fingerprint density at radius 2 is 2.20 bits per heavy atom. The predicted molar refractivity (Wildman–Crippen MR) is 40.0 cm³/mol. The molecule has 10 heavy (non-hydrogen) atoms. The van der Waals surface area contributed by atoms with Crippen LogP contribution in [-0.4, -0.2) is 25.4 Å². The zero-order chi connectivity index (χ0) is 7.61. The molecule has 0 N–H and O–H groups in total. The third-order valence-corrected chi connectivity index (χ3v) is 1.50. The van der Waals surface area contributed by atoms with Crippen LogP contribution < -0.4 is 0 Å². The lowest BCUT2D eigenvalue weighted by Crippen LogP contribution is -2.16. The Morgan fingerprint density at radius 1 is 1.60 bits per heavy atom. The van der Waals surface area contributed by atoms with E-state index >= 15 is 0 Å². The minimum absolute atomic E-state index is 0.0644. The molecule has 1 rings (SSSR count). The highest BCUT2D eigenvalue weighted by Crippen LogP contribution is 2.25. The fourth-order valence-corrected chi connectivity index (χ4v) is 0.717. The van der Waals surface area contributed by atoms with Crippen LogP contribution in [0.4, 0.5) is 0 Å². The summed E-state index contributed by atoms with van der Waals surface area (Å²) in [6.07, 6.45) is 0. The van der Waals surface area contributed by atoms with Gasteiger partial charge in [-0.15, -0.1) is 0 Å². The first-order chi connectivity index (χ1) is 4.62. The summed E-state index contributed by atoms with van der Waals surface area (Å²) < 4.78 is 10.5. The molecule has 0 radical (unpaired) electrons. The Bertz CT molecular complexity index is 106. The molecule has 0 amide bonds. The third kappa shape index (κ3) is 2.67. The average Bonchev–Trinajstić information content (AvgIpc) is 2.47. The molecule has 0 bridgehead atoms. The SMILES string of the molecule is CC(C)COCC1(C)CO1. The van der Waals surface area contributed by atoms with Gasteiger partial charge in [-0.25, -0.2) is 0 Å². The van der Waals surface area contributed by atoms with Gasteiger partial charge in [-0.1, -0.05) is 13.8 Å². The van der Waals surface area contributed by atoms with Gasteiger partial charge in [-0.3, -0.25) is 0 Å². The largest absolute Gasteiger partial charge is 0.378 e. The summed E-state index contributed by atoms with van der Waals surface area (Å²) in [4.78, 5) is 0. The summed E-state index contributed by atoms with van der Waals surface area (Å²) in [5, 5.41) is 0. The van der Waals surface area contributed by atoms with E-state index in [2.05, 4.69) is 20.8 Å². The van der Waals surface area contributed by atoms with Crippen molar-refractivity contribution in [2.24, 2.45) is 5.92 Å². The normalized spacial score (nSPS) is 31.2. The Kier molecular flexibility index (Phi) is 2.32. The maximum absolute atomic E-state index is 5.40. The van der Waals surface area contributed by atoms with Gasteiger partial charge in [0.1, 0.15) is 5.60 Å². The topological polar surface area (TPSA) is 21.8 Å². The van der Waals surface area contributed by atoms with Gasteiger partial charge in [0.2, 0.25) is 0 Å². The zero-order valence-corrected chi connectivity index (χ0v) is 7.02. The first-order valence-electron chi connectivity index (χ1n) is 3.84. The third-order valence-electron chi connectivity index (χ3n) is 1.50. The van der Waals surface area contributed by atoms with Gasteiger partial charge in [-0.2, -0.15) is 0 Å². The van der Waals surface area contributed by atoms with E-state index < -0.39 is 0 Å². The molecule has 60 valence electrons. The van der Waals surface area contributed by atoms with Crippen molar-refractivity contribution in [1.29, 1.82) is 0 Å². The second kappa shape index (κ2) is 2.89. The lowest BCUT2D eigenvalue weighted by molar-refractivity contribution is 0.0682. The van der Waals surface area contributed by atoms with E-state index in [1.807, 2.05) is 0 Å². The van der Waals surface area contributed by atoms with Gasteiger partial charge in [-0.05, 0) is 12.8 Å². The smallest absolute Gasteiger partial charge is 0.112 e. The maximum atomic E-state index is 5.40. The second-order valence-corrected chi connectivity index (χ2v) is 3.65. The summed E-state index contributed by atoms with van der Waals surface area (Å²) in [5.41, 5.74) is 0.0644. The molecule has 1 atom stereocenters. The Hall–Kier alpha value is -0.0800. The first-order valence-corrected chi connectivity index (χ1v) is 3.84. The zero-order valence-electron chi connectivity index (χ0n) is 7.02. The molecular weight excluding hydrogens is 128 g/mol. The summed E-state index contributed by atoms with van der Waals surface area (Å²) in [6.45, 7) is 8.84. The summed E-state index contributed by atoms with van der Waals surface area (Å²) in [5.74, 6) is 0.627. The molecule has 0 aliphatic carbocycles. The van der Waals surface area contributed by atoms with E-state index in [9.17, 15) is 0 Å². The van der Waals surface area contributed by atoms with Crippen molar-refractivity contribution in [3.8, 4) is 0 Å². The van der Waals surface area contributed by atoms with Gasteiger partial charge in [0.05, 0.1) is 13.2 Å². The van der Waals surface area contributed by atoms with E-state index in [4.69, 9.17) is 9.47 Å². The van der Waals surface area contributed by atoms with Gasteiger partial charge in [0.15, 0.2) is 0 Å². The van der Waals surface area contributed by atoms with E-state index in [1.165, 1.54) is 0 Å². The van der Waals surface area contributed by atoms with Crippen LogP contribution >= 0.6 is 0 Å². The highest BCUT2D eigenvalue weighted by molar-refractivity contribution is 4.86. The molecule has 2 heteroatoms. The van der Waals surface area contributed by atoms with Crippen LogP contribution in [0.1, 0.15) is 20.8 Å². The summed E-state index contributed by atoms with van der Waals surface area (Å²) >= 11 is 0. The van der Waals surface area contributed by atoms with Crippen molar-refractivity contribution in [2.75, 3.05) is 19.8 Å². The number of hydrogen-bond donors (Lipinski definition) is 0. The molecule has 0 aromatic rings. The molecule has 1 unspecified atom stereocenters. The average molecular weight is 144 g/mol. The summed E-state index contributed by atoms with van der Waals surface area (Å²) in [7, 11) is 0. The predicted octanol–water partition coefficient (Wildman–Crippen LogP) is 1.45. The maximum Gasteiger partial charge on any atom is 0.112 e. The Labute approximate surface area is 62.5 Å². The highest BCUT2D eigenvalue weighted by Gasteiger charge is 2.39. The second-order valence-electron chi connectivity index (χ2n) is 3.65. The molecular formula is C8H16O2. The van der Waals surface area contributed by atoms with E-state index in [0.29, 0.717) is 5.92 Å². The van der Waals surface area contributed by atoms with E-state index in [1.54, 1.807) is 0 Å². The minimum Gasteiger partial charge on any atom is -0.378 e. The van der Waals surface area contributed by atoms with Crippen LogP contribution in [0.2, 0.25) is 0 Å². The van der Waals surface area contributed by atoms with E-state index in [0.717, 1.165) is 19.8 Å². The van der Waals surface area contributed by atoms with Crippen molar-refractivity contribution in [3.05, 3.63) is 0 Å². The number of hydrogen-bond acceptors (Lipinski definition) is 2. The number of ether oxygens (including phenoxy) is 2. The minimum atomic E-state index is 0.0644. The molecule has 1 fully saturated rings. The molecule has 1 heterocycles. The molecule has 2 nitrogen and oxygen atoms in total. The standard InChI is InChI=1S/C8H16O2/c1-7(2)4-9-5-8(3)6-10-8/h7H,4-6H2,1-3H3. The van der Waals surface area contributed by atoms with Gasteiger partial charge in [0.25, 0.3) is 0 Å². The van der Waals surface area contributed by atoms with Crippen molar-refractivity contribution in [2.45, 2.75) is 26.4 Å². The molecule has 0 aromatic carbocycles. The van der Waals surface area contributed by atoms with Crippen molar-refractivity contribution in [3.63, 3.8) is 0 Å². The van der Waals surface area contributed by atoms with Crippen molar-refractivity contribution < 1.29 is 9.47 Å². The fraction of sp³-hybridized carbons (Fsp3) is 1.00. The van der Waals surface area contributed by atoms with Gasteiger partial charge < -0.3 is 9.47 Å². The molecule has 0 spiro atoms. The van der Waals surface area contributed by atoms with Crippen LogP contribution in [-0.2, 0) is 9.47 Å². The van der Waals surface area contributed by atoms with Gasteiger partial charge in [0, 0.05) is 6.61 Å². The molecule has 1 saturated heterocycles. The molecule has 1 aliphatic rings. The molecule has 1 aliphatic heterocycles. The van der Waals surface area contributed by atoms with Crippen LogP contribution in [0.3, 0.4) is 0 Å². The number of epoxide rings is 1. The number of rotatable bonds is 4. The van der Waals surface area contributed by atoms with Crippen molar-refractivity contribution in [1.82, 2.24) is 0 Å². The molecule has 0 aromatic heterocycles. The van der Waals surface area contributed by atoms with Crippen LogP contribution in [0.15, 0.2) is 0 Å². The monoisotopic (exact) mass is 144 g/mol. The lowest BCUT2D eigenvalue weighted by Gasteiger charge is -2.08. The molecule has 0 saturated carbocycles. The van der Waals surface area contributed by atoms with Crippen LogP contribution in [0, 0.1) is 5.92 Å². The van der Waals surface area contributed by atoms with Crippen LogP contribution in [0.25, 0.3) is 0 Å².